The molecule has 9 nitrogen and oxygen atoms in total. The number of nitrogens with one attached hydrogen (secondary N) is 1. The highest BCUT2D eigenvalue weighted by Gasteiger charge is 2.23. The molecule has 10 heteroatoms. The van der Waals surface area contributed by atoms with Gasteiger partial charge >= 0.3 is 0 Å². The minimum atomic E-state index is -1.41. The monoisotopic (exact) mass is 526 g/mol. The van der Waals surface area contributed by atoms with Crippen LogP contribution in [-0.2, 0) is 15.8 Å². The molecule has 0 spiro atoms. The Hall–Kier alpha value is -3.00. The maximum atomic E-state index is 13.1. The first-order valence-electron chi connectivity index (χ1n) is 12.5. The van der Waals surface area contributed by atoms with E-state index in [1.54, 1.807) is 30.7 Å². The molecule has 1 amide bonds. The van der Waals surface area contributed by atoms with Gasteiger partial charge in [0.1, 0.15) is 28.6 Å². The van der Waals surface area contributed by atoms with Crippen molar-refractivity contribution in [3.63, 3.8) is 0 Å². The highest BCUT2D eigenvalue weighted by molar-refractivity contribution is 7.82. The number of rotatable bonds is 10. The van der Waals surface area contributed by atoms with E-state index >= 15 is 0 Å². The van der Waals surface area contributed by atoms with Crippen molar-refractivity contribution in [1.82, 2.24) is 14.2 Å². The molecule has 2 heterocycles. The van der Waals surface area contributed by atoms with Gasteiger partial charge in [0.2, 0.25) is 5.91 Å². The van der Waals surface area contributed by atoms with Crippen LogP contribution in [0, 0.1) is 31.1 Å². The number of ether oxygens (including phenoxy) is 1. The van der Waals surface area contributed by atoms with Crippen molar-refractivity contribution in [1.29, 1.82) is 5.26 Å². The van der Waals surface area contributed by atoms with Crippen molar-refractivity contribution in [3.8, 4) is 11.8 Å². The number of nitrogens with zero attached hydrogens (tertiary/aromatic N) is 5. The summed E-state index contributed by atoms with van der Waals surface area (Å²) in [6.45, 7) is 6.91. The van der Waals surface area contributed by atoms with E-state index in [1.807, 2.05) is 26.0 Å². The van der Waals surface area contributed by atoms with Crippen LogP contribution in [0.4, 0.5) is 11.5 Å². The lowest BCUT2D eigenvalue weighted by atomic mass is 9.96. The molecule has 0 saturated carbocycles. The number of amides is 1. The molecule has 1 aromatic heterocycles. The maximum absolute atomic E-state index is 13.1. The first-order chi connectivity index (χ1) is 17.6. The molecule has 200 valence electrons. The Balaban J connectivity index is 1.57. The second-order valence-electron chi connectivity index (χ2n) is 9.89. The van der Waals surface area contributed by atoms with E-state index in [-0.39, 0.29) is 12.3 Å². The molecule has 37 heavy (non-hydrogen) atoms. The van der Waals surface area contributed by atoms with Gasteiger partial charge in [-0.2, -0.15) is 5.26 Å². The first kappa shape index (κ1) is 28.6. The number of benzene rings is 1. The third-order valence-corrected chi connectivity index (χ3v) is 8.33. The van der Waals surface area contributed by atoms with Crippen molar-refractivity contribution < 1.29 is 13.7 Å². The minimum absolute atomic E-state index is 0.152. The zero-order valence-electron chi connectivity index (χ0n) is 22.7. The number of piperidine rings is 1. The van der Waals surface area contributed by atoms with Crippen LogP contribution in [0.15, 0.2) is 29.3 Å². The summed E-state index contributed by atoms with van der Waals surface area (Å²) in [5.41, 5.74) is 2.69. The molecule has 1 unspecified atom stereocenters. The molecule has 1 aliphatic heterocycles. The van der Waals surface area contributed by atoms with Crippen molar-refractivity contribution in [3.05, 3.63) is 41.1 Å². The largest absolute Gasteiger partial charge is 0.497 e. The molecule has 1 N–H and O–H groups in total. The molecule has 2 aromatic rings. The Bertz CT molecular complexity index is 1150. The maximum Gasteiger partial charge on any atom is 0.225 e. The zero-order chi connectivity index (χ0) is 27.1. The molecule has 1 saturated heterocycles. The van der Waals surface area contributed by atoms with Crippen LogP contribution in [-0.4, -0.2) is 78.7 Å². The van der Waals surface area contributed by atoms with Gasteiger partial charge in [0, 0.05) is 39.6 Å². The van der Waals surface area contributed by atoms with Gasteiger partial charge in [-0.05, 0) is 76.0 Å². The number of methoxy groups -OCH3 is 1. The van der Waals surface area contributed by atoms with Crippen molar-refractivity contribution in [2.24, 2.45) is 5.92 Å². The van der Waals surface area contributed by atoms with E-state index in [4.69, 9.17) is 4.74 Å². The number of nitriles is 1. The predicted molar refractivity (Wildman–Crippen MR) is 147 cm³/mol. The summed E-state index contributed by atoms with van der Waals surface area (Å²) in [5.74, 6) is 1.82. The van der Waals surface area contributed by atoms with Gasteiger partial charge in [0.05, 0.1) is 29.5 Å². The van der Waals surface area contributed by atoms with Gasteiger partial charge in [-0.15, -0.1) is 0 Å². The lowest BCUT2D eigenvalue weighted by molar-refractivity contribution is -0.116. The molecule has 0 aliphatic carbocycles. The third-order valence-electron chi connectivity index (χ3n) is 6.59. The summed E-state index contributed by atoms with van der Waals surface area (Å²) in [6, 6.07) is 7.62. The predicted octanol–water partition coefficient (Wildman–Crippen LogP) is 3.34. The summed E-state index contributed by atoms with van der Waals surface area (Å²) in [5, 5.41) is 12.5. The van der Waals surface area contributed by atoms with Gasteiger partial charge in [-0.25, -0.2) is 13.5 Å². The van der Waals surface area contributed by atoms with Crippen LogP contribution in [0.1, 0.15) is 36.0 Å². The fraction of sp³-hybridized carbons (Fsp3) is 0.519. The van der Waals surface area contributed by atoms with Crippen LogP contribution in [0.2, 0.25) is 0 Å². The number of carbonyl (C=O) groups excluding carboxylic acids is 1. The second kappa shape index (κ2) is 13.0. The Morgan fingerprint density at radius 2 is 1.86 bits per heavy atom. The SMILES string of the molecule is COc1cc(C)c(S(=O)N(C)CCC(=O)Nc2cnc(N3CCC(CN(C)C)CC3)c(C#N)c2)c(C)c1. The Morgan fingerprint density at radius 1 is 1.22 bits per heavy atom. The molecular formula is C27H38N6O3S. The normalized spacial score (nSPS) is 15.1. The Morgan fingerprint density at radius 3 is 2.43 bits per heavy atom. The average Bonchev–Trinajstić information content (AvgIpc) is 2.86. The number of anilines is 2. The van der Waals surface area contributed by atoms with E-state index in [0.717, 1.165) is 54.2 Å². The molecule has 3 rings (SSSR count). The highest BCUT2D eigenvalue weighted by atomic mass is 32.2. The zero-order valence-corrected chi connectivity index (χ0v) is 23.5. The van der Waals surface area contributed by atoms with Crippen molar-refractivity contribution in [2.45, 2.75) is 38.0 Å². The van der Waals surface area contributed by atoms with Crippen LogP contribution in [0.25, 0.3) is 0 Å². The van der Waals surface area contributed by atoms with Gasteiger partial charge in [-0.1, -0.05) is 0 Å². The number of hydrogen-bond donors (Lipinski definition) is 1. The fourth-order valence-electron chi connectivity index (χ4n) is 4.73. The van der Waals surface area contributed by atoms with Crippen LogP contribution < -0.4 is 15.0 Å². The number of carbonyl (C=O) groups is 1. The van der Waals surface area contributed by atoms with Crippen LogP contribution in [0.3, 0.4) is 0 Å². The van der Waals surface area contributed by atoms with Crippen molar-refractivity contribution in [2.75, 3.05) is 64.6 Å². The minimum Gasteiger partial charge on any atom is -0.497 e. The number of pyridine rings is 1. The van der Waals surface area contributed by atoms with Gasteiger partial charge in [0.25, 0.3) is 0 Å². The van der Waals surface area contributed by atoms with E-state index in [9.17, 15) is 14.3 Å². The summed E-state index contributed by atoms with van der Waals surface area (Å²) < 4.78 is 20.1. The second-order valence-corrected chi connectivity index (χ2v) is 11.4. The van der Waals surface area contributed by atoms with Gasteiger partial charge < -0.3 is 19.9 Å². The Labute approximate surface area is 223 Å². The molecule has 1 atom stereocenters. The molecule has 1 aliphatic rings. The third kappa shape index (κ3) is 7.51. The van der Waals surface area contributed by atoms with Crippen LogP contribution >= 0.6 is 0 Å². The molecular weight excluding hydrogens is 488 g/mol. The molecule has 1 aromatic carbocycles. The first-order valence-corrected chi connectivity index (χ1v) is 13.6. The number of hydrogen-bond acceptors (Lipinski definition) is 7. The van der Waals surface area contributed by atoms with E-state index in [2.05, 4.69) is 40.3 Å². The topological polar surface area (TPSA) is 102 Å². The fourth-order valence-corrected chi connectivity index (χ4v) is 5.97. The summed E-state index contributed by atoms with van der Waals surface area (Å²) in [6.07, 6.45) is 3.88. The smallest absolute Gasteiger partial charge is 0.225 e. The Kier molecular flexibility index (Phi) is 10.0. The highest BCUT2D eigenvalue weighted by Crippen LogP contribution is 2.27. The van der Waals surface area contributed by atoms with E-state index in [1.165, 1.54) is 0 Å². The lowest BCUT2D eigenvalue weighted by Crippen LogP contribution is -2.37. The summed E-state index contributed by atoms with van der Waals surface area (Å²) >= 11 is 0. The molecule has 0 radical (unpaired) electrons. The molecule has 1 fully saturated rings. The number of aromatic nitrogens is 1. The van der Waals surface area contributed by atoms with Gasteiger partial charge in [-0.3, -0.25) is 4.79 Å². The van der Waals surface area contributed by atoms with E-state index in [0.29, 0.717) is 29.5 Å². The van der Waals surface area contributed by atoms with Crippen molar-refractivity contribution >= 4 is 28.4 Å². The van der Waals surface area contributed by atoms with Gasteiger partial charge in [0.15, 0.2) is 0 Å². The quantitative estimate of drug-likeness (QED) is 0.507. The standard InChI is InChI=1S/C27H38N6O3S/c1-19-13-24(36-6)14-20(2)26(19)37(35)32(5)10-9-25(34)30-23-15-22(16-28)27(29-17-23)33-11-7-21(8-12-33)18-31(3)4/h13-15,17,21H,7-12,18H2,1-6H3,(H,30,34). The molecule has 0 bridgehead atoms. The number of aryl methyl sites for hydroxylation is 2. The summed E-state index contributed by atoms with van der Waals surface area (Å²) in [7, 11) is 6.12. The summed E-state index contributed by atoms with van der Waals surface area (Å²) in [4.78, 5) is 22.2. The van der Waals surface area contributed by atoms with Crippen LogP contribution in [0.5, 0.6) is 5.75 Å². The lowest BCUT2D eigenvalue weighted by Gasteiger charge is -2.34. The average molecular weight is 527 g/mol. The van der Waals surface area contributed by atoms with E-state index < -0.39 is 11.0 Å².